The van der Waals surface area contributed by atoms with E-state index in [1.807, 2.05) is 6.07 Å². The Bertz CT molecular complexity index is 624. The normalized spacial score (nSPS) is 12.9. The summed E-state index contributed by atoms with van der Waals surface area (Å²) >= 11 is 0. The van der Waals surface area contributed by atoms with Crippen molar-refractivity contribution in [2.24, 2.45) is 16.5 Å². The van der Waals surface area contributed by atoms with Gasteiger partial charge in [0.05, 0.1) is 12.3 Å². The van der Waals surface area contributed by atoms with Gasteiger partial charge in [0.15, 0.2) is 5.96 Å². The minimum atomic E-state index is -0.189. The highest BCUT2D eigenvalue weighted by Crippen LogP contribution is 2.27. The Hall–Kier alpha value is -2.57. The van der Waals surface area contributed by atoms with Crippen LogP contribution in [-0.4, -0.2) is 35.9 Å². The van der Waals surface area contributed by atoms with E-state index in [2.05, 4.69) is 4.99 Å². The average molecular weight is 318 g/mol. The van der Waals surface area contributed by atoms with Crippen molar-refractivity contribution in [1.82, 2.24) is 4.90 Å². The van der Waals surface area contributed by atoms with E-state index in [0.717, 1.165) is 12.0 Å². The number of hydrogen-bond acceptors (Lipinski definition) is 4. The fourth-order valence-corrected chi connectivity index (χ4v) is 2.57. The summed E-state index contributed by atoms with van der Waals surface area (Å²) in [7, 11) is 0. The number of esters is 1. The molecule has 1 aliphatic rings. The Morgan fingerprint density at radius 1 is 1.35 bits per heavy atom. The quantitative estimate of drug-likeness (QED) is 0.340. The average Bonchev–Trinajstić information content (AvgIpc) is 2.79. The Morgan fingerprint density at radius 3 is 2.83 bits per heavy atom. The largest absolute Gasteiger partial charge is 0.466 e. The van der Waals surface area contributed by atoms with E-state index < -0.39 is 0 Å². The van der Waals surface area contributed by atoms with E-state index >= 15 is 0 Å². The van der Waals surface area contributed by atoms with E-state index in [-0.39, 0.29) is 17.8 Å². The first-order valence-electron chi connectivity index (χ1n) is 7.68. The molecule has 0 aliphatic carbocycles. The lowest BCUT2D eigenvalue weighted by molar-refractivity contribution is -0.143. The maximum Gasteiger partial charge on any atom is 0.305 e. The minimum Gasteiger partial charge on any atom is -0.466 e. The predicted octanol–water partition coefficient (Wildman–Crippen LogP) is 1.28. The SMILES string of the molecule is CCOC(=O)CCCCN1Cc2cc(N=C(N)N)ccc2C1=O. The third kappa shape index (κ3) is 4.45. The Morgan fingerprint density at radius 2 is 2.13 bits per heavy atom. The van der Waals surface area contributed by atoms with Gasteiger partial charge in [0.25, 0.3) is 5.91 Å². The number of aliphatic imine (C=N–C) groups is 1. The molecule has 0 aromatic heterocycles. The Balaban J connectivity index is 1.88. The van der Waals surface area contributed by atoms with Crippen molar-refractivity contribution >= 4 is 23.5 Å². The van der Waals surface area contributed by atoms with Gasteiger partial charge in [-0.3, -0.25) is 9.59 Å². The number of hydrogen-bond donors (Lipinski definition) is 2. The molecule has 23 heavy (non-hydrogen) atoms. The molecule has 2 rings (SSSR count). The van der Waals surface area contributed by atoms with Gasteiger partial charge in [-0.05, 0) is 43.5 Å². The molecule has 0 saturated heterocycles. The molecular formula is C16H22N4O3. The number of nitrogens with two attached hydrogens (primary N) is 2. The fraction of sp³-hybridized carbons (Fsp3) is 0.438. The molecule has 0 saturated carbocycles. The van der Waals surface area contributed by atoms with E-state index in [9.17, 15) is 9.59 Å². The van der Waals surface area contributed by atoms with Gasteiger partial charge in [0, 0.05) is 25.1 Å². The van der Waals surface area contributed by atoms with Crippen LogP contribution in [0.3, 0.4) is 0 Å². The zero-order chi connectivity index (χ0) is 16.8. The molecule has 1 aromatic rings. The highest BCUT2D eigenvalue weighted by Gasteiger charge is 2.26. The van der Waals surface area contributed by atoms with Crippen molar-refractivity contribution in [3.63, 3.8) is 0 Å². The third-order valence-electron chi connectivity index (χ3n) is 3.59. The molecule has 7 nitrogen and oxygen atoms in total. The van der Waals surface area contributed by atoms with Crippen LogP contribution in [0, 0.1) is 0 Å². The molecule has 1 amide bonds. The van der Waals surface area contributed by atoms with Crippen molar-refractivity contribution in [2.75, 3.05) is 13.2 Å². The monoisotopic (exact) mass is 318 g/mol. The van der Waals surface area contributed by atoms with Crippen LogP contribution in [0.25, 0.3) is 0 Å². The van der Waals surface area contributed by atoms with Crippen LogP contribution in [0.4, 0.5) is 5.69 Å². The Labute approximate surface area is 135 Å². The first-order valence-corrected chi connectivity index (χ1v) is 7.68. The van der Waals surface area contributed by atoms with Crippen LogP contribution in [0.1, 0.15) is 42.1 Å². The van der Waals surface area contributed by atoms with E-state index in [1.54, 1.807) is 24.0 Å². The number of amides is 1. The van der Waals surface area contributed by atoms with Crippen molar-refractivity contribution in [3.8, 4) is 0 Å². The van der Waals surface area contributed by atoms with Crippen molar-refractivity contribution in [2.45, 2.75) is 32.7 Å². The summed E-state index contributed by atoms with van der Waals surface area (Å²) in [6, 6.07) is 5.30. The summed E-state index contributed by atoms with van der Waals surface area (Å²) in [4.78, 5) is 29.3. The predicted molar refractivity (Wildman–Crippen MR) is 87.1 cm³/mol. The molecule has 0 spiro atoms. The fourth-order valence-electron chi connectivity index (χ4n) is 2.57. The van der Waals surface area contributed by atoms with Crippen LogP contribution in [0.2, 0.25) is 0 Å². The Kier molecular flexibility index (Phi) is 5.56. The highest BCUT2D eigenvalue weighted by atomic mass is 16.5. The number of unbranched alkanes of at least 4 members (excludes halogenated alkanes) is 1. The molecule has 0 radical (unpaired) electrons. The molecule has 7 heteroatoms. The number of benzene rings is 1. The molecule has 124 valence electrons. The van der Waals surface area contributed by atoms with Crippen LogP contribution >= 0.6 is 0 Å². The second kappa shape index (κ2) is 7.62. The van der Waals surface area contributed by atoms with Gasteiger partial charge in [0.2, 0.25) is 0 Å². The summed E-state index contributed by atoms with van der Waals surface area (Å²) in [6.07, 6.45) is 1.86. The van der Waals surface area contributed by atoms with Gasteiger partial charge in [0.1, 0.15) is 0 Å². The molecule has 0 unspecified atom stereocenters. The summed E-state index contributed by atoms with van der Waals surface area (Å²) in [6.45, 7) is 3.34. The van der Waals surface area contributed by atoms with Crippen LogP contribution < -0.4 is 11.5 Å². The molecule has 0 fully saturated rings. The molecule has 4 N–H and O–H groups in total. The van der Waals surface area contributed by atoms with Crippen molar-refractivity contribution in [1.29, 1.82) is 0 Å². The maximum atomic E-state index is 12.3. The molecular weight excluding hydrogens is 296 g/mol. The lowest BCUT2D eigenvalue weighted by Crippen LogP contribution is -2.25. The molecule has 0 atom stereocenters. The number of nitrogens with zero attached hydrogens (tertiary/aromatic N) is 2. The maximum absolute atomic E-state index is 12.3. The first-order chi connectivity index (χ1) is 11.0. The number of rotatable bonds is 7. The highest BCUT2D eigenvalue weighted by molar-refractivity contribution is 5.98. The van der Waals surface area contributed by atoms with E-state index in [4.69, 9.17) is 16.2 Å². The van der Waals surface area contributed by atoms with E-state index in [0.29, 0.717) is 43.8 Å². The standard InChI is InChI=1S/C16H22N4O3/c1-2-23-14(21)5-3-4-8-20-10-11-9-12(19-16(17)18)6-7-13(11)15(20)22/h6-7,9H,2-5,8,10H2,1H3,(H4,17,18,19). The van der Waals surface area contributed by atoms with Gasteiger partial charge in [-0.25, -0.2) is 4.99 Å². The lowest BCUT2D eigenvalue weighted by atomic mass is 10.1. The zero-order valence-corrected chi connectivity index (χ0v) is 13.2. The first kappa shape index (κ1) is 16.8. The second-order valence-corrected chi connectivity index (χ2v) is 5.37. The zero-order valence-electron chi connectivity index (χ0n) is 13.2. The lowest BCUT2D eigenvalue weighted by Gasteiger charge is -2.15. The third-order valence-corrected chi connectivity index (χ3v) is 3.59. The van der Waals surface area contributed by atoms with Crippen LogP contribution in [0.15, 0.2) is 23.2 Å². The summed E-state index contributed by atoms with van der Waals surface area (Å²) in [5.74, 6) is -0.192. The van der Waals surface area contributed by atoms with Gasteiger partial charge in [-0.1, -0.05) is 0 Å². The van der Waals surface area contributed by atoms with Crippen LogP contribution in [-0.2, 0) is 16.1 Å². The molecule has 1 aromatic carbocycles. The molecule has 0 bridgehead atoms. The van der Waals surface area contributed by atoms with Crippen LogP contribution in [0.5, 0.6) is 0 Å². The number of guanidine groups is 1. The number of carbonyl (C=O) groups excluding carboxylic acids is 2. The van der Waals surface area contributed by atoms with Crippen molar-refractivity contribution in [3.05, 3.63) is 29.3 Å². The number of ether oxygens (including phenoxy) is 1. The molecule has 1 heterocycles. The summed E-state index contributed by atoms with van der Waals surface area (Å²) in [5, 5.41) is 0. The summed E-state index contributed by atoms with van der Waals surface area (Å²) < 4.78 is 4.88. The second-order valence-electron chi connectivity index (χ2n) is 5.37. The topological polar surface area (TPSA) is 111 Å². The van der Waals surface area contributed by atoms with Gasteiger partial charge in [-0.2, -0.15) is 0 Å². The minimum absolute atomic E-state index is 0.00684. The van der Waals surface area contributed by atoms with E-state index in [1.165, 1.54) is 0 Å². The van der Waals surface area contributed by atoms with Gasteiger partial charge in [-0.15, -0.1) is 0 Å². The smallest absolute Gasteiger partial charge is 0.305 e. The van der Waals surface area contributed by atoms with Gasteiger partial charge >= 0.3 is 5.97 Å². The number of fused-ring (bicyclic) bond motifs is 1. The van der Waals surface area contributed by atoms with Crippen molar-refractivity contribution < 1.29 is 14.3 Å². The summed E-state index contributed by atoms with van der Waals surface area (Å²) in [5.41, 5.74) is 13.0. The molecule has 1 aliphatic heterocycles. The number of carbonyl (C=O) groups is 2. The van der Waals surface area contributed by atoms with Gasteiger partial charge < -0.3 is 21.1 Å².